The summed E-state index contributed by atoms with van der Waals surface area (Å²) in [6.07, 6.45) is 7.51. The molecule has 1 aliphatic rings. The van der Waals surface area contributed by atoms with E-state index in [0.29, 0.717) is 0 Å². The number of anilines is 1. The fraction of sp³-hybridized carbons (Fsp3) is 0.706. The predicted octanol–water partition coefficient (Wildman–Crippen LogP) is 3.60. The van der Waals surface area contributed by atoms with Crippen molar-refractivity contribution in [3.8, 4) is 0 Å². The van der Waals surface area contributed by atoms with E-state index in [-0.39, 0.29) is 5.54 Å². The second-order valence-electron chi connectivity index (χ2n) is 7.16. The molecule has 3 heteroatoms. The van der Waals surface area contributed by atoms with Gasteiger partial charge in [0.1, 0.15) is 5.82 Å². The first-order chi connectivity index (χ1) is 9.44. The Morgan fingerprint density at radius 3 is 2.65 bits per heavy atom. The molecular weight excluding hydrogens is 246 g/mol. The summed E-state index contributed by atoms with van der Waals surface area (Å²) >= 11 is 0. The van der Waals surface area contributed by atoms with Gasteiger partial charge in [0.25, 0.3) is 0 Å². The third kappa shape index (κ3) is 4.78. The number of hydrogen-bond donors (Lipinski definition) is 1. The molecule has 1 saturated carbocycles. The highest BCUT2D eigenvalue weighted by Crippen LogP contribution is 2.26. The van der Waals surface area contributed by atoms with Crippen LogP contribution < -0.4 is 10.2 Å². The molecule has 0 spiro atoms. The van der Waals surface area contributed by atoms with Crippen molar-refractivity contribution in [2.24, 2.45) is 5.92 Å². The molecule has 1 aromatic heterocycles. The first-order valence-electron chi connectivity index (χ1n) is 7.85. The summed E-state index contributed by atoms with van der Waals surface area (Å²) < 4.78 is 0. The molecule has 0 aromatic carbocycles. The van der Waals surface area contributed by atoms with Gasteiger partial charge in [0.2, 0.25) is 0 Å². The summed E-state index contributed by atoms with van der Waals surface area (Å²) in [5.74, 6) is 1.96. The van der Waals surface area contributed by atoms with Crippen LogP contribution in [0.2, 0.25) is 0 Å². The summed E-state index contributed by atoms with van der Waals surface area (Å²) in [4.78, 5) is 6.84. The molecule has 1 heterocycles. The zero-order valence-corrected chi connectivity index (χ0v) is 13.4. The maximum Gasteiger partial charge on any atom is 0.128 e. The van der Waals surface area contributed by atoms with Crippen LogP contribution in [-0.4, -0.2) is 24.1 Å². The molecule has 1 fully saturated rings. The lowest BCUT2D eigenvalue weighted by Gasteiger charge is -2.23. The Morgan fingerprint density at radius 2 is 2.00 bits per heavy atom. The van der Waals surface area contributed by atoms with Gasteiger partial charge in [-0.3, -0.25) is 0 Å². The zero-order chi connectivity index (χ0) is 14.6. The molecule has 0 atom stereocenters. The molecule has 0 saturated heterocycles. The Morgan fingerprint density at radius 1 is 1.30 bits per heavy atom. The molecule has 1 aliphatic carbocycles. The summed E-state index contributed by atoms with van der Waals surface area (Å²) in [6.45, 7) is 8.63. The summed E-state index contributed by atoms with van der Waals surface area (Å²) in [5, 5.41) is 3.53. The summed E-state index contributed by atoms with van der Waals surface area (Å²) in [5.41, 5.74) is 1.46. The maximum absolute atomic E-state index is 4.52. The molecule has 112 valence electrons. The Hall–Kier alpha value is -1.09. The van der Waals surface area contributed by atoms with E-state index >= 15 is 0 Å². The van der Waals surface area contributed by atoms with Crippen molar-refractivity contribution in [2.45, 2.75) is 58.5 Å². The molecule has 2 rings (SSSR count). The zero-order valence-electron chi connectivity index (χ0n) is 13.4. The monoisotopic (exact) mass is 275 g/mol. The van der Waals surface area contributed by atoms with Gasteiger partial charge < -0.3 is 10.2 Å². The summed E-state index contributed by atoms with van der Waals surface area (Å²) in [7, 11) is 2.17. The lowest BCUT2D eigenvalue weighted by atomic mass is 10.1. The van der Waals surface area contributed by atoms with Crippen LogP contribution in [-0.2, 0) is 6.54 Å². The molecule has 0 amide bonds. The largest absolute Gasteiger partial charge is 0.359 e. The topological polar surface area (TPSA) is 28.2 Å². The minimum atomic E-state index is 0.152. The minimum Gasteiger partial charge on any atom is -0.359 e. The third-order valence-corrected chi connectivity index (χ3v) is 4.03. The van der Waals surface area contributed by atoms with Gasteiger partial charge in [-0.1, -0.05) is 12.8 Å². The van der Waals surface area contributed by atoms with E-state index in [1.165, 1.54) is 31.2 Å². The van der Waals surface area contributed by atoms with E-state index in [1.807, 2.05) is 6.20 Å². The molecule has 1 N–H and O–H groups in total. The molecule has 1 aromatic rings. The van der Waals surface area contributed by atoms with Gasteiger partial charge >= 0.3 is 0 Å². The lowest BCUT2D eigenvalue weighted by Crippen LogP contribution is -2.35. The first-order valence-corrected chi connectivity index (χ1v) is 7.85. The lowest BCUT2D eigenvalue weighted by molar-refractivity contribution is 0.424. The van der Waals surface area contributed by atoms with Crippen LogP contribution in [0.5, 0.6) is 0 Å². The van der Waals surface area contributed by atoms with Crippen LogP contribution in [0, 0.1) is 5.92 Å². The van der Waals surface area contributed by atoms with Gasteiger partial charge in [-0.05, 0) is 57.2 Å². The van der Waals surface area contributed by atoms with E-state index in [9.17, 15) is 0 Å². The predicted molar refractivity (Wildman–Crippen MR) is 86.1 cm³/mol. The van der Waals surface area contributed by atoms with Crippen LogP contribution in [0.3, 0.4) is 0 Å². The number of aromatic nitrogens is 1. The number of rotatable bonds is 5. The van der Waals surface area contributed by atoms with Gasteiger partial charge in [-0.2, -0.15) is 0 Å². The third-order valence-electron chi connectivity index (χ3n) is 4.03. The molecule has 3 nitrogen and oxygen atoms in total. The van der Waals surface area contributed by atoms with Crippen molar-refractivity contribution >= 4 is 5.82 Å². The highest BCUT2D eigenvalue weighted by atomic mass is 15.2. The van der Waals surface area contributed by atoms with Crippen molar-refractivity contribution in [3.05, 3.63) is 23.9 Å². The van der Waals surface area contributed by atoms with Crippen molar-refractivity contribution in [1.82, 2.24) is 10.3 Å². The second-order valence-corrected chi connectivity index (χ2v) is 7.16. The number of pyridine rings is 1. The van der Waals surface area contributed by atoms with E-state index < -0.39 is 0 Å². The molecule has 0 radical (unpaired) electrons. The van der Waals surface area contributed by atoms with E-state index in [2.05, 4.69) is 55.2 Å². The van der Waals surface area contributed by atoms with Crippen LogP contribution in [0.1, 0.15) is 52.0 Å². The first kappa shape index (κ1) is 15.3. The Bertz CT molecular complexity index is 416. The number of nitrogens with one attached hydrogen (secondary N) is 1. The Labute approximate surface area is 123 Å². The minimum absolute atomic E-state index is 0.152. The van der Waals surface area contributed by atoms with Gasteiger partial charge in [-0.15, -0.1) is 0 Å². The van der Waals surface area contributed by atoms with Crippen molar-refractivity contribution in [3.63, 3.8) is 0 Å². The molecular formula is C17H29N3. The quantitative estimate of drug-likeness (QED) is 0.890. The fourth-order valence-corrected chi connectivity index (χ4v) is 2.82. The average Bonchev–Trinajstić information content (AvgIpc) is 2.89. The molecule has 0 aliphatic heterocycles. The van der Waals surface area contributed by atoms with E-state index in [1.54, 1.807) is 0 Å². The Kier molecular flexibility index (Phi) is 5.03. The van der Waals surface area contributed by atoms with Crippen LogP contribution >= 0.6 is 0 Å². The highest BCUT2D eigenvalue weighted by molar-refractivity contribution is 5.40. The SMILES string of the molecule is CN(CC1CCCC1)c1cc(CNC(C)(C)C)ccn1. The van der Waals surface area contributed by atoms with Crippen LogP contribution in [0.15, 0.2) is 18.3 Å². The van der Waals surface area contributed by atoms with Gasteiger partial charge in [-0.25, -0.2) is 4.98 Å². The van der Waals surface area contributed by atoms with Crippen LogP contribution in [0.4, 0.5) is 5.82 Å². The van der Waals surface area contributed by atoms with Crippen molar-refractivity contribution < 1.29 is 0 Å². The Balaban J connectivity index is 1.93. The number of nitrogens with zero attached hydrogens (tertiary/aromatic N) is 2. The van der Waals surface area contributed by atoms with E-state index in [4.69, 9.17) is 0 Å². The fourth-order valence-electron chi connectivity index (χ4n) is 2.82. The van der Waals surface area contributed by atoms with Crippen LogP contribution in [0.25, 0.3) is 0 Å². The van der Waals surface area contributed by atoms with Crippen molar-refractivity contribution in [2.75, 3.05) is 18.5 Å². The second kappa shape index (κ2) is 6.57. The van der Waals surface area contributed by atoms with Gasteiger partial charge in [0.15, 0.2) is 0 Å². The maximum atomic E-state index is 4.52. The smallest absolute Gasteiger partial charge is 0.128 e. The average molecular weight is 275 g/mol. The number of hydrogen-bond acceptors (Lipinski definition) is 3. The van der Waals surface area contributed by atoms with Gasteiger partial charge in [0.05, 0.1) is 0 Å². The molecule has 0 bridgehead atoms. The van der Waals surface area contributed by atoms with Crippen molar-refractivity contribution in [1.29, 1.82) is 0 Å². The standard InChI is InChI=1S/C17H29N3/c1-17(2,3)19-12-15-9-10-18-16(11-15)20(4)13-14-7-5-6-8-14/h9-11,14,19H,5-8,12-13H2,1-4H3. The highest BCUT2D eigenvalue weighted by Gasteiger charge is 2.17. The molecule has 20 heavy (non-hydrogen) atoms. The summed E-state index contributed by atoms with van der Waals surface area (Å²) in [6, 6.07) is 4.32. The van der Waals surface area contributed by atoms with E-state index in [0.717, 1.165) is 24.8 Å². The normalized spacial score (nSPS) is 16.6. The van der Waals surface area contributed by atoms with Gasteiger partial charge in [0, 0.05) is 31.9 Å². The molecule has 0 unspecified atom stereocenters.